The van der Waals surface area contributed by atoms with E-state index in [1.54, 1.807) is 6.20 Å². The Morgan fingerprint density at radius 1 is 1.14 bits per heavy atom. The average molecular weight is 378 g/mol. The number of hydrogen-bond donors (Lipinski definition) is 0. The SMILES string of the molecule is CCN1C[C@@H](c2ccccc2)CC2(CCN(C(=O)c3ccc(C)nc3)CC2)C1. The Morgan fingerprint density at radius 3 is 2.54 bits per heavy atom. The van der Waals surface area contributed by atoms with Gasteiger partial charge < -0.3 is 9.80 Å². The molecule has 1 spiro atoms. The molecule has 28 heavy (non-hydrogen) atoms. The number of carbonyl (C=O) groups excluding carboxylic acids is 1. The first-order chi connectivity index (χ1) is 13.6. The van der Waals surface area contributed by atoms with Crippen molar-refractivity contribution in [1.29, 1.82) is 0 Å². The van der Waals surface area contributed by atoms with E-state index >= 15 is 0 Å². The van der Waals surface area contributed by atoms with Crippen LogP contribution in [-0.2, 0) is 0 Å². The third kappa shape index (κ3) is 3.97. The van der Waals surface area contributed by atoms with E-state index in [1.165, 1.54) is 18.5 Å². The summed E-state index contributed by atoms with van der Waals surface area (Å²) < 4.78 is 0. The minimum atomic E-state index is 0.130. The molecule has 1 atom stereocenters. The average Bonchev–Trinajstić information content (AvgIpc) is 2.74. The van der Waals surface area contributed by atoms with Gasteiger partial charge in [-0.1, -0.05) is 37.3 Å². The molecule has 0 aliphatic carbocycles. The van der Waals surface area contributed by atoms with Crippen LogP contribution in [0.2, 0.25) is 0 Å². The van der Waals surface area contributed by atoms with Crippen LogP contribution in [0.25, 0.3) is 0 Å². The largest absolute Gasteiger partial charge is 0.339 e. The van der Waals surface area contributed by atoms with Gasteiger partial charge in [0, 0.05) is 38.1 Å². The van der Waals surface area contributed by atoms with Gasteiger partial charge in [-0.2, -0.15) is 0 Å². The van der Waals surface area contributed by atoms with Gasteiger partial charge in [0.15, 0.2) is 0 Å². The van der Waals surface area contributed by atoms with E-state index in [-0.39, 0.29) is 5.91 Å². The summed E-state index contributed by atoms with van der Waals surface area (Å²) in [7, 11) is 0. The van der Waals surface area contributed by atoms with Crippen molar-refractivity contribution in [3.05, 3.63) is 65.5 Å². The molecule has 4 rings (SSSR count). The Hall–Kier alpha value is -2.20. The number of likely N-dealkylation sites (tertiary alicyclic amines) is 2. The molecular weight excluding hydrogens is 346 g/mol. The van der Waals surface area contributed by atoms with Crippen molar-refractivity contribution in [3.8, 4) is 0 Å². The van der Waals surface area contributed by atoms with Crippen LogP contribution in [0.5, 0.6) is 0 Å². The summed E-state index contributed by atoms with van der Waals surface area (Å²) in [6, 6.07) is 14.8. The van der Waals surface area contributed by atoms with Crippen LogP contribution < -0.4 is 0 Å². The van der Waals surface area contributed by atoms with Crippen LogP contribution >= 0.6 is 0 Å². The molecule has 1 aromatic heterocycles. The maximum atomic E-state index is 12.9. The summed E-state index contributed by atoms with van der Waals surface area (Å²) in [5, 5.41) is 0. The van der Waals surface area contributed by atoms with Gasteiger partial charge in [0.1, 0.15) is 0 Å². The predicted octanol–water partition coefficient (Wildman–Crippen LogP) is 4.12. The third-order valence-electron chi connectivity index (χ3n) is 6.70. The molecule has 2 fully saturated rings. The summed E-state index contributed by atoms with van der Waals surface area (Å²) in [5.41, 5.74) is 3.45. The number of likely N-dealkylation sites (N-methyl/N-ethyl adjacent to an activating group) is 1. The van der Waals surface area contributed by atoms with E-state index in [4.69, 9.17) is 0 Å². The summed E-state index contributed by atoms with van der Waals surface area (Å²) >= 11 is 0. The van der Waals surface area contributed by atoms with Gasteiger partial charge in [0.2, 0.25) is 0 Å². The summed E-state index contributed by atoms with van der Waals surface area (Å²) in [5.74, 6) is 0.726. The molecule has 1 aromatic carbocycles. The van der Waals surface area contributed by atoms with E-state index in [1.807, 2.05) is 24.0 Å². The van der Waals surface area contributed by atoms with E-state index in [9.17, 15) is 4.79 Å². The number of aromatic nitrogens is 1. The number of rotatable bonds is 3. The number of amides is 1. The van der Waals surface area contributed by atoms with Crippen molar-refractivity contribution in [2.24, 2.45) is 5.41 Å². The van der Waals surface area contributed by atoms with E-state index < -0.39 is 0 Å². The number of benzene rings is 1. The molecule has 0 N–H and O–H groups in total. The van der Waals surface area contributed by atoms with Crippen LogP contribution in [0.1, 0.15) is 53.7 Å². The minimum Gasteiger partial charge on any atom is -0.339 e. The van der Waals surface area contributed by atoms with Crippen LogP contribution in [0.3, 0.4) is 0 Å². The Balaban J connectivity index is 1.45. The Morgan fingerprint density at radius 2 is 1.89 bits per heavy atom. The topological polar surface area (TPSA) is 36.4 Å². The lowest BCUT2D eigenvalue weighted by atomic mass is 9.68. The monoisotopic (exact) mass is 377 g/mol. The molecule has 0 bridgehead atoms. The Bertz CT molecular complexity index is 794. The smallest absolute Gasteiger partial charge is 0.255 e. The molecule has 2 aliphatic rings. The fraction of sp³-hybridized carbons (Fsp3) is 0.500. The first-order valence-electron chi connectivity index (χ1n) is 10.6. The van der Waals surface area contributed by atoms with E-state index in [0.29, 0.717) is 16.9 Å². The second kappa shape index (κ2) is 8.04. The number of nitrogens with zero attached hydrogens (tertiary/aromatic N) is 3. The lowest BCUT2D eigenvalue weighted by Gasteiger charge is -2.50. The normalized spacial score (nSPS) is 22.4. The molecule has 2 aliphatic heterocycles. The van der Waals surface area contributed by atoms with Gasteiger partial charge in [-0.05, 0) is 61.8 Å². The zero-order chi connectivity index (χ0) is 19.6. The zero-order valence-corrected chi connectivity index (χ0v) is 17.1. The number of hydrogen-bond acceptors (Lipinski definition) is 3. The predicted molar refractivity (Wildman–Crippen MR) is 112 cm³/mol. The van der Waals surface area contributed by atoms with Crippen molar-refractivity contribution in [2.75, 3.05) is 32.7 Å². The number of aryl methyl sites for hydroxylation is 1. The quantitative estimate of drug-likeness (QED) is 0.807. The van der Waals surface area contributed by atoms with Crippen LogP contribution in [0, 0.1) is 12.3 Å². The molecule has 0 saturated carbocycles. The van der Waals surface area contributed by atoms with Crippen molar-refractivity contribution in [2.45, 2.75) is 39.0 Å². The number of piperidine rings is 2. The lowest BCUT2D eigenvalue weighted by Crippen LogP contribution is -2.52. The van der Waals surface area contributed by atoms with Crippen LogP contribution in [0.15, 0.2) is 48.7 Å². The second-order valence-corrected chi connectivity index (χ2v) is 8.62. The third-order valence-corrected chi connectivity index (χ3v) is 6.70. The maximum absolute atomic E-state index is 12.9. The summed E-state index contributed by atoms with van der Waals surface area (Å²) in [4.78, 5) is 21.8. The standard InChI is InChI=1S/C24H31N3O/c1-3-26-17-22(20-7-5-4-6-8-20)15-24(18-26)11-13-27(14-12-24)23(28)21-10-9-19(2)25-16-21/h4-10,16,22H,3,11-15,17-18H2,1-2H3/t22-/m0/s1. The molecule has 1 amide bonds. The molecule has 4 nitrogen and oxygen atoms in total. The van der Waals surface area contributed by atoms with E-state index in [0.717, 1.165) is 44.7 Å². The van der Waals surface area contributed by atoms with Crippen molar-refractivity contribution < 1.29 is 4.79 Å². The minimum absolute atomic E-state index is 0.130. The Labute approximate surface area is 168 Å². The highest BCUT2D eigenvalue weighted by atomic mass is 16.2. The van der Waals surface area contributed by atoms with Gasteiger partial charge in [-0.15, -0.1) is 0 Å². The second-order valence-electron chi connectivity index (χ2n) is 8.62. The Kier molecular flexibility index (Phi) is 5.49. The highest BCUT2D eigenvalue weighted by molar-refractivity contribution is 5.94. The molecule has 0 radical (unpaired) electrons. The highest BCUT2D eigenvalue weighted by Gasteiger charge is 2.42. The maximum Gasteiger partial charge on any atom is 0.255 e. The van der Waals surface area contributed by atoms with E-state index in [2.05, 4.69) is 47.1 Å². The lowest BCUT2D eigenvalue weighted by molar-refractivity contribution is 0.0158. The van der Waals surface area contributed by atoms with Gasteiger partial charge in [0.25, 0.3) is 5.91 Å². The first-order valence-corrected chi connectivity index (χ1v) is 10.6. The fourth-order valence-corrected chi connectivity index (χ4v) is 5.02. The van der Waals surface area contributed by atoms with Crippen LogP contribution in [0.4, 0.5) is 0 Å². The molecule has 0 unspecified atom stereocenters. The van der Waals surface area contributed by atoms with Crippen molar-refractivity contribution in [3.63, 3.8) is 0 Å². The zero-order valence-electron chi connectivity index (χ0n) is 17.1. The van der Waals surface area contributed by atoms with Gasteiger partial charge in [-0.25, -0.2) is 0 Å². The summed E-state index contributed by atoms with van der Waals surface area (Å²) in [6.07, 6.45) is 5.14. The summed E-state index contributed by atoms with van der Waals surface area (Å²) in [6.45, 7) is 9.34. The van der Waals surface area contributed by atoms with Gasteiger partial charge in [-0.3, -0.25) is 9.78 Å². The highest BCUT2D eigenvalue weighted by Crippen LogP contribution is 2.45. The molecule has 3 heterocycles. The van der Waals surface area contributed by atoms with Crippen molar-refractivity contribution in [1.82, 2.24) is 14.8 Å². The number of pyridine rings is 1. The van der Waals surface area contributed by atoms with Crippen molar-refractivity contribution >= 4 is 5.91 Å². The molecule has 4 heteroatoms. The number of carbonyl (C=O) groups is 1. The fourth-order valence-electron chi connectivity index (χ4n) is 5.02. The van der Waals surface area contributed by atoms with Gasteiger partial charge in [0.05, 0.1) is 5.56 Å². The van der Waals surface area contributed by atoms with Crippen LogP contribution in [-0.4, -0.2) is 53.4 Å². The molecule has 2 saturated heterocycles. The van der Waals surface area contributed by atoms with Gasteiger partial charge >= 0.3 is 0 Å². The molecular formula is C24H31N3O. The molecule has 2 aromatic rings. The first kappa shape index (κ1) is 19.1. The molecule has 148 valence electrons.